The molecule has 1 fully saturated rings. The first kappa shape index (κ1) is 12.6. The fourth-order valence-electron chi connectivity index (χ4n) is 2.82. The van der Waals surface area contributed by atoms with Crippen LogP contribution in [0.1, 0.15) is 46.7 Å². The Morgan fingerprint density at radius 1 is 1.18 bits per heavy atom. The fraction of sp³-hybridized carbons (Fsp3) is 0.600. The van der Waals surface area contributed by atoms with E-state index in [4.69, 9.17) is 10.5 Å². The molecule has 2 heteroatoms. The molecule has 0 saturated carbocycles. The summed E-state index contributed by atoms with van der Waals surface area (Å²) < 4.78 is 5.73. The molecule has 0 amide bonds. The van der Waals surface area contributed by atoms with Gasteiger partial charge >= 0.3 is 0 Å². The second kappa shape index (κ2) is 4.79. The first-order valence-electron chi connectivity index (χ1n) is 6.47. The third kappa shape index (κ3) is 2.24. The van der Waals surface area contributed by atoms with Crippen LogP contribution in [0.3, 0.4) is 0 Å². The second-order valence-corrected chi connectivity index (χ2v) is 5.25. The maximum Gasteiger partial charge on any atom is 0.0768 e. The van der Waals surface area contributed by atoms with E-state index in [-0.39, 0.29) is 12.1 Å². The minimum absolute atomic E-state index is 0.0242. The first-order valence-corrected chi connectivity index (χ1v) is 6.47. The number of rotatable bonds is 2. The van der Waals surface area contributed by atoms with E-state index in [1.165, 1.54) is 27.8 Å². The summed E-state index contributed by atoms with van der Waals surface area (Å²) in [6, 6.07) is 2.27. The number of benzene rings is 1. The molecule has 0 aliphatic carbocycles. The molecule has 2 atom stereocenters. The van der Waals surface area contributed by atoms with E-state index in [1.54, 1.807) is 0 Å². The molecule has 2 nitrogen and oxygen atoms in total. The second-order valence-electron chi connectivity index (χ2n) is 5.25. The van der Waals surface area contributed by atoms with Gasteiger partial charge in [-0.2, -0.15) is 0 Å². The molecule has 1 aliphatic rings. The van der Waals surface area contributed by atoms with Gasteiger partial charge in [0.25, 0.3) is 0 Å². The van der Waals surface area contributed by atoms with Crippen molar-refractivity contribution in [2.24, 2.45) is 5.73 Å². The zero-order valence-electron chi connectivity index (χ0n) is 11.3. The minimum Gasteiger partial charge on any atom is -0.376 e. The monoisotopic (exact) mass is 233 g/mol. The average Bonchev–Trinajstić information content (AvgIpc) is 2.80. The van der Waals surface area contributed by atoms with Crippen molar-refractivity contribution in [1.82, 2.24) is 0 Å². The summed E-state index contributed by atoms with van der Waals surface area (Å²) in [6.07, 6.45) is 2.43. The van der Waals surface area contributed by atoms with Crippen molar-refractivity contribution in [3.8, 4) is 0 Å². The summed E-state index contributed by atoms with van der Waals surface area (Å²) in [5.74, 6) is 0. The maximum atomic E-state index is 6.41. The molecule has 1 heterocycles. The number of aryl methyl sites for hydroxylation is 2. The van der Waals surface area contributed by atoms with E-state index in [2.05, 4.69) is 33.8 Å². The predicted octanol–water partition coefficient (Wildman–Crippen LogP) is 3.10. The van der Waals surface area contributed by atoms with Gasteiger partial charge in [-0.3, -0.25) is 0 Å². The summed E-state index contributed by atoms with van der Waals surface area (Å²) in [5.41, 5.74) is 13.0. The molecule has 0 bridgehead atoms. The van der Waals surface area contributed by atoms with Gasteiger partial charge in [0.1, 0.15) is 0 Å². The zero-order valence-corrected chi connectivity index (χ0v) is 11.3. The summed E-state index contributed by atoms with van der Waals surface area (Å²) in [6.45, 7) is 9.53. The van der Waals surface area contributed by atoms with Crippen LogP contribution in [0.2, 0.25) is 0 Å². The van der Waals surface area contributed by atoms with Crippen molar-refractivity contribution in [3.63, 3.8) is 0 Å². The highest BCUT2D eigenvalue weighted by atomic mass is 16.5. The Bertz CT molecular complexity index is 393. The van der Waals surface area contributed by atoms with Crippen LogP contribution in [0, 0.1) is 27.7 Å². The van der Waals surface area contributed by atoms with Crippen LogP contribution in [0.25, 0.3) is 0 Å². The normalized spacial score (nSPS) is 21.8. The lowest BCUT2D eigenvalue weighted by Crippen LogP contribution is -2.27. The highest BCUT2D eigenvalue weighted by Gasteiger charge is 2.27. The standard InChI is InChI=1S/C15H23NO/c1-9-8-10(2)12(4)14(11(9)3)15(16)13-6-5-7-17-13/h8,13,15H,5-7,16H2,1-4H3. The lowest BCUT2D eigenvalue weighted by molar-refractivity contribution is 0.0897. The van der Waals surface area contributed by atoms with Crippen molar-refractivity contribution >= 4 is 0 Å². The minimum atomic E-state index is 0.0242. The van der Waals surface area contributed by atoms with Gasteiger partial charge in [0.05, 0.1) is 12.1 Å². The van der Waals surface area contributed by atoms with Gasteiger partial charge in [-0.25, -0.2) is 0 Å². The van der Waals surface area contributed by atoms with Gasteiger partial charge in [-0.15, -0.1) is 0 Å². The van der Waals surface area contributed by atoms with Crippen molar-refractivity contribution in [2.45, 2.75) is 52.7 Å². The summed E-state index contributed by atoms with van der Waals surface area (Å²) in [7, 11) is 0. The molecule has 2 N–H and O–H groups in total. The number of ether oxygens (including phenoxy) is 1. The fourth-order valence-corrected chi connectivity index (χ4v) is 2.82. The van der Waals surface area contributed by atoms with Crippen LogP contribution in [0.15, 0.2) is 6.07 Å². The molecule has 2 unspecified atom stereocenters. The van der Waals surface area contributed by atoms with E-state index >= 15 is 0 Å². The lowest BCUT2D eigenvalue weighted by Gasteiger charge is -2.25. The summed E-state index contributed by atoms with van der Waals surface area (Å²) in [4.78, 5) is 0. The average molecular weight is 233 g/mol. The Kier molecular flexibility index (Phi) is 3.55. The molecular formula is C15H23NO. The van der Waals surface area contributed by atoms with Crippen molar-refractivity contribution in [2.75, 3.05) is 6.61 Å². The Balaban J connectivity index is 2.42. The summed E-state index contributed by atoms with van der Waals surface area (Å²) >= 11 is 0. The van der Waals surface area contributed by atoms with Gasteiger partial charge in [-0.05, 0) is 68.4 Å². The third-order valence-electron chi connectivity index (χ3n) is 4.12. The number of hydrogen-bond donors (Lipinski definition) is 1. The highest BCUT2D eigenvalue weighted by molar-refractivity contribution is 5.46. The topological polar surface area (TPSA) is 35.2 Å². The van der Waals surface area contributed by atoms with Crippen LogP contribution in [0.4, 0.5) is 0 Å². The molecule has 94 valence electrons. The van der Waals surface area contributed by atoms with Crippen LogP contribution >= 0.6 is 0 Å². The molecule has 0 radical (unpaired) electrons. The predicted molar refractivity (Wildman–Crippen MR) is 71.3 cm³/mol. The molecule has 0 aromatic heterocycles. The van der Waals surface area contributed by atoms with Gasteiger partial charge in [0.2, 0.25) is 0 Å². The number of nitrogens with two attached hydrogens (primary N) is 1. The molecule has 1 aromatic rings. The van der Waals surface area contributed by atoms with Gasteiger partial charge in [0, 0.05) is 6.61 Å². The van der Waals surface area contributed by atoms with Crippen molar-refractivity contribution < 1.29 is 4.74 Å². The van der Waals surface area contributed by atoms with Crippen LogP contribution in [0.5, 0.6) is 0 Å². The Hall–Kier alpha value is -0.860. The molecule has 2 rings (SSSR count). The van der Waals surface area contributed by atoms with Crippen molar-refractivity contribution in [3.05, 3.63) is 33.9 Å². The van der Waals surface area contributed by atoms with Gasteiger partial charge in [0.15, 0.2) is 0 Å². The zero-order chi connectivity index (χ0) is 12.6. The van der Waals surface area contributed by atoms with E-state index in [0.29, 0.717) is 0 Å². The van der Waals surface area contributed by atoms with Crippen LogP contribution in [-0.2, 0) is 4.74 Å². The van der Waals surface area contributed by atoms with Gasteiger partial charge < -0.3 is 10.5 Å². The first-order chi connectivity index (χ1) is 8.02. The Morgan fingerprint density at radius 2 is 1.76 bits per heavy atom. The van der Waals surface area contributed by atoms with Crippen LogP contribution in [-0.4, -0.2) is 12.7 Å². The lowest BCUT2D eigenvalue weighted by atomic mass is 9.87. The van der Waals surface area contributed by atoms with Gasteiger partial charge in [-0.1, -0.05) is 6.07 Å². The SMILES string of the molecule is Cc1cc(C)c(C)c(C(N)C2CCCO2)c1C. The Morgan fingerprint density at radius 3 is 2.24 bits per heavy atom. The molecule has 0 spiro atoms. The summed E-state index contributed by atoms with van der Waals surface area (Å²) in [5, 5.41) is 0. The third-order valence-corrected chi connectivity index (χ3v) is 4.12. The molecule has 1 aliphatic heterocycles. The number of hydrogen-bond acceptors (Lipinski definition) is 2. The molecule has 1 aromatic carbocycles. The maximum absolute atomic E-state index is 6.41. The smallest absolute Gasteiger partial charge is 0.0768 e. The van der Waals surface area contributed by atoms with Crippen LogP contribution < -0.4 is 5.73 Å². The largest absolute Gasteiger partial charge is 0.376 e. The molecular weight excluding hydrogens is 210 g/mol. The van der Waals surface area contributed by atoms with E-state index in [0.717, 1.165) is 19.4 Å². The quantitative estimate of drug-likeness (QED) is 0.852. The van der Waals surface area contributed by atoms with Crippen molar-refractivity contribution in [1.29, 1.82) is 0 Å². The highest BCUT2D eigenvalue weighted by Crippen LogP contribution is 2.32. The van der Waals surface area contributed by atoms with E-state index in [1.807, 2.05) is 0 Å². The molecule has 1 saturated heterocycles. The van der Waals surface area contributed by atoms with E-state index < -0.39 is 0 Å². The molecule has 17 heavy (non-hydrogen) atoms. The van der Waals surface area contributed by atoms with E-state index in [9.17, 15) is 0 Å². The Labute approximate surface area is 104 Å².